The van der Waals surface area contributed by atoms with E-state index in [1.807, 2.05) is 6.92 Å². The van der Waals surface area contributed by atoms with Gasteiger partial charge in [0.2, 0.25) is 10.0 Å². The van der Waals surface area contributed by atoms with Gasteiger partial charge in [-0.3, -0.25) is 9.59 Å². The number of sulfonamides is 1. The first kappa shape index (κ1) is 22.7. The predicted molar refractivity (Wildman–Crippen MR) is 114 cm³/mol. The lowest BCUT2D eigenvalue weighted by Crippen LogP contribution is -2.40. The highest BCUT2D eigenvalue weighted by atomic mass is 32.2. The standard InChI is InChI=1S/C21H25N3O6S/c1-2-30-19-6-4-3-5-18(19)23-21(26)20(25)22-15-16-7-9-17(10-8-16)31(27,28)24-11-13-29-14-12-24/h3-10H,2,11-15H2,1H3,(H,22,25)(H,23,26). The van der Waals surface area contributed by atoms with Gasteiger partial charge in [-0.05, 0) is 36.8 Å². The van der Waals surface area contributed by atoms with Crippen LogP contribution in [0.25, 0.3) is 0 Å². The van der Waals surface area contributed by atoms with Crippen LogP contribution in [0.3, 0.4) is 0 Å². The molecule has 166 valence electrons. The summed E-state index contributed by atoms with van der Waals surface area (Å²) >= 11 is 0. The fraction of sp³-hybridized carbons (Fsp3) is 0.333. The molecule has 10 heteroatoms. The summed E-state index contributed by atoms with van der Waals surface area (Å²) in [5.41, 5.74) is 1.07. The lowest BCUT2D eigenvalue weighted by atomic mass is 10.2. The summed E-state index contributed by atoms with van der Waals surface area (Å²) in [4.78, 5) is 24.5. The third-order valence-corrected chi connectivity index (χ3v) is 6.54. The van der Waals surface area contributed by atoms with Gasteiger partial charge in [0.1, 0.15) is 5.75 Å². The van der Waals surface area contributed by atoms with E-state index in [2.05, 4.69) is 10.6 Å². The second-order valence-electron chi connectivity index (χ2n) is 6.73. The highest BCUT2D eigenvalue weighted by molar-refractivity contribution is 7.89. The van der Waals surface area contributed by atoms with E-state index in [0.717, 1.165) is 0 Å². The molecule has 0 atom stereocenters. The van der Waals surface area contributed by atoms with Crippen LogP contribution in [-0.2, 0) is 30.9 Å². The van der Waals surface area contributed by atoms with Crippen LogP contribution in [0.5, 0.6) is 5.75 Å². The van der Waals surface area contributed by atoms with Crippen molar-refractivity contribution < 1.29 is 27.5 Å². The van der Waals surface area contributed by atoms with Crippen LogP contribution in [0.1, 0.15) is 12.5 Å². The topological polar surface area (TPSA) is 114 Å². The molecule has 0 spiro atoms. The van der Waals surface area contributed by atoms with Crippen molar-refractivity contribution in [1.82, 2.24) is 9.62 Å². The first-order valence-corrected chi connectivity index (χ1v) is 11.3. The van der Waals surface area contributed by atoms with Crippen LogP contribution in [-0.4, -0.2) is 57.4 Å². The second-order valence-corrected chi connectivity index (χ2v) is 8.66. The summed E-state index contributed by atoms with van der Waals surface area (Å²) < 4.78 is 37.3. The van der Waals surface area contributed by atoms with Gasteiger partial charge < -0.3 is 20.1 Å². The van der Waals surface area contributed by atoms with Gasteiger partial charge in [0.25, 0.3) is 0 Å². The first-order chi connectivity index (χ1) is 14.9. The minimum absolute atomic E-state index is 0.0806. The molecule has 1 heterocycles. The molecule has 0 aromatic heterocycles. The van der Waals surface area contributed by atoms with E-state index in [-0.39, 0.29) is 11.4 Å². The highest BCUT2D eigenvalue weighted by Gasteiger charge is 2.26. The van der Waals surface area contributed by atoms with Crippen LogP contribution in [0.2, 0.25) is 0 Å². The van der Waals surface area contributed by atoms with Crippen molar-refractivity contribution in [3.63, 3.8) is 0 Å². The maximum Gasteiger partial charge on any atom is 0.313 e. The first-order valence-electron chi connectivity index (χ1n) is 9.89. The molecule has 31 heavy (non-hydrogen) atoms. The van der Waals surface area contributed by atoms with Gasteiger partial charge in [0.15, 0.2) is 0 Å². The van der Waals surface area contributed by atoms with Gasteiger partial charge in [-0.2, -0.15) is 4.31 Å². The average molecular weight is 448 g/mol. The maximum absolute atomic E-state index is 12.6. The van der Waals surface area contributed by atoms with Crippen molar-refractivity contribution in [1.29, 1.82) is 0 Å². The number of anilines is 1. The molecule has 1 fully saturated rings. The third-order valence-electron chi connectivity index (χ3n) is 4.63. The van der Waals surface area contributed by atoms with Gasteiger partial charge in [-0.15, -0.1) is 0 Å². The van der Waals surface area contributed by atoms with Crippen LogP contribution < -0.4 is 15.4 Å². The van der Waals surface area contributed by atoms with Gasteiger partial charge in [-0.1, -0.05) is 24.3 Å². The number of ether oxygens (including phenoxy) is 2. The maximum atomic E-state index is 12.6. The lowest BCUT2D eigenvalue weighted by molar-refractivity contribution is -0.136. The number of nitrogens with zero attached hydrogens (tertiary/aromatic N) is 1. The van der Waals surface area contributed by atoms with E-state index in [4.69, 9.17) is 9.47 Å². The fourth-order valence-electron chi connectivity index (χ4n) is 3.01. The van der Waals surface area contributed by atoms with Crippen molar-refractivity contribution in [3.8, 4) is 5.75 Å². The number of morpholine rings is 1. The molecule has 9 nitrogen and oxygen atoms in total. The van der Waals surface area contributed by atoms with E-state index < -0.39 is 21.8 Å². The number of amides is 2. The largest absolute Gasteiger partial charge is 0.492 e. The number of nitrogens with one attached hydrogen (secondary N) is 2. The molecule has 3 rings (SSSR count). The molecular formula is C21H25N3O6S. The number of para-hydroxylation sites is 2. The van der Waals surface area contributed by atoms with Crippen LogP contribution in [0.4, 0.5) is 5.69 Å². The summed E-state index contributed by atoms with van der Waals surface area (Å²) in [6.45, 7) is 3.72. The normalized spacial score (nSPS) is 14.6. The van der Waals surface area contributed by atoms with Crippen molar-refractivity contribution in [2.24, 2.45) is 0 Å². The monoisotopic (exact) mass is 447 g/mol. The molecule has 0 radical (unpaired) electrons. The zero-order chi connectivity index (χ0) is 22.3. The Morgan fingerprint density at radius 1 is 1.03 bits per heavy atom. The Balaban J connectivity index is 1.56. The minimum atomic E-state index is -3.58. The molecule has 1 aliphatic rings. The van der Waals surface area contributed by atoms with Crippen molar-refractivity contribution in [2.75, 3.05) is 38.2 Å². The number of rotatable bonds is 7. The SMILES string of the molecule is CCOc1ccccc1NC(=O)C(=O)NCc1ccc(S(=O)(=O)N2CCOCC2)cc1. The molecule has 0 saturated carbocycles. The number of benzene rings is 2. The zero-order valence-corrected chi connectivity index (χ0v) is 18.0. The minimum Gasteiger partial charge on any atom is -0.492 e. The summed E-state index contributed by atoms with van der Waals surface area (Å²) in [6.07, 6.45) is 0. The Morgan fingerprint density at radius 3 is 2.39 bits per heavy atom. The molecule has 0 aliphatic carbocycles. The van der Waals surface area contributed by atoms with E-state index in [0.29, 0.717) is 49.9 Å². The molecule has 1 aliphatic heterocycles. The summed E-state index contributed by atoms with van der Waals surface area (Å²) in [5, 5.41) is 5.05. The van der Waals surface area contributed by atoms with E-state index in [1.54, 1.807) is 36.4 Å². The molecular weight excluding hydrogens is 422 g/mol. The summed E-state index contributed by atoms with van der Waals surface area (Å²) in [6, 6.07) is 13.0. The van der Waals surface area contributed by atoms with Crippen LogP contribution >= 0.6 is 0 Å². The summed E-state index contributed by atoms with van der Waals surface area (Å²) in [7, 11) is -3.58. The van der Waals surface area contributed by atoms with Crippen molar-refractivity contribution >= 4 is 27.5 Å². The molecule has 1 saturated heterocycles. The third kappa shape index (κ3) is 5.81. The Kier molecular flexibility index (Phi) is 7.61. The van der Waals surface area contributed by atoms with Crippen molar-refractivity contribution in [3.05, 3.63) is 54.1 Å². The van der Waals surface area contributed by atoms with E-state index in [1.165, 1.54) is 16.4 Å². The Morgan fingerprint density at radius 2 is 1.71 bits per heavy atom. The molecule has 2 N–H and O–H groups in total. The zero-order valence-electron chi connectivity index (χ0n) is 17.2. The number of carbonyl (C=O) groups is 2. The number of carbonyl (C=O) groups excluding carboxylic acids is 2. The van der Waals surface area contributed by atoms with Gasteiger partial charge >= 0.3 is 11.8 Å². The van der Waals surface area contributed by atoms with E-state index >= 15 is 0 Å². The van der Waals surface area contributed by atoms with E-state index in [9.17, 15) is 18.0 Å². The van der Waals surface area contributed by atoms with Crippen molar-refractivity contribution in [2.45, 2.75) is 18.4 Å². The lowest BCUT2D eigenvalue weighted by Gasteiger charge is -2.26. The van der Waals surface area contributed by atoms with Crippen LogP contribution in [0, 0.1) is 0 Å². The summed E-state index contributed by atoms with van der Waals surface area (Å²) in [5.74, 6) is -1.15. The highest BCUT2D eigenvalue weighted by Crippen LogP contribution is 2.23. The molecule has 0 unspecified atom stereocenters. The number of hydrogen-bond donors (Lipinski definition) is 2. The second kappa shape index (κ2) is 10.4. The predicted octanol–water partition coefficient (Wildman–Crippen LogP) is 1.36. The molecule has 2 aromatic carbocycles. The van der Waals surface area contributed by atoms with Crippen LogP contribution in [0.15, 0.2) is 53.4 Å². The molecule has 2 aromatic rings. The molecule has 0 bridgehead atoms. The average Bonchev–Trinajstić information content (AvgIpc) is 2.79. The Labute approximate surface area is 181 Å². The number of hydrogen-bond acceptors (Lipinski definition) is 6. The Bertz CT molecular complexity index is 1020. The smallest absolute Gasteiger partial charge is 0.313 e. The Hall–Kier alpha value is -2.95. The quantitative estimate of drug-likeness (QED) is 0.620. The van der Waals surface area contributed by atoms with Gasteiger partial charge in [-0.25, -0.2) is 8.42 Å². The molecule has 2 amide bonds. The van der Waals surface area contributed by atoms with Gasteiger partial charge in [0.05, 0.1) is 30.4 Å². The fourth-order valence-corrected chi connectivity index (χ4v) is 4.42. The van der Waals surface area contributed by atoms with Gasteiger partial charge in [0, 0.05) is 19.6 Å².